The van der Waals surface area contributed by atoms with Crippen molar-refractivity contribution in [2.45, 2.75) is 59.1 Å². The van der Waals surface area contributed by atoms with E-state index in [0.717, 1.165) is 53.3 Å². The Hall–Kier alpha value is -7.31. The van der Waals surface area contributed by atoms with E-state index < -0.39 is 33.3 Å². The Morgan fingerprint density at radius 2 is 1.00 bits per heavy atom. The SMILES string of the molecule is CC(=O)N1CCN(c2cc(-n3nc(C)cc3C)nc(Nc3cccc(C(F)(F)F)c3)n2)CC1.CC(=O)N1CCN(c2cc(-n3nc(C)cc3C)nc(S(C)(=O)=O)n2)CC1.Nc1cccc(C(F)(F)F)c1. The van der Waals surface area contributed by atoms with Crippen LogP contribution >= 0.6 is 0 Å². The molecule has 25 heteroatoms. The molecular formula is C45H52F6N14O4S. The van der Waals surface area contributed by atoms with Crippen molar-refractivity contribution in [3.63, 3.8) is 0 Å². The van der Waals surface area contributed by atoms with Gasteiger partial charge < -0.3 is 30.7 Å². The van der Waals surface area contributed by atoms with Gasteiger partial charge in [-0.15, -0.1) is 0 Å². The second-order valence-corrected chi connectivity index (χ2v) is 18.4. The van der Waals surface area contributed by atoms with Crippen LogP contribution in [0.1, 0.15) is 47.8 Å². The number of piperazine rings is 2. The fourth-order valence-corrected chi connectivity index (χ4v) is 7.94. The van der Waals surface area contributed by atoms with Crippen LogP contribution in [0.4, 0.5) is 55.3 Å². The Balaban J connectivity index is 0.000000192. The summed E-state index contributed by atoms with van der Waals surface area (Å²) in [5.41, 5.74) is 7.39. The molecule has 0 radical (unpaired) electrons. The lowest BCUT2D eigenvalue weighted by atomic mass is 10.2. The van der Waals surface area contributed by atoms with Crippen molar-refractivity contribution in [3.05, 3.63) is 107 Å². The van der Waals surface area contributed by atoms with Gasteiger partial charge in [-0.2, -0.15) is 51.5 Å². The molecule has 2 amide bonds. The molecule has 0 spiro atoms. The Morgan fingerprint density at radius 3 is 1.40 bits per heavy atom. The maximum absolute atomic E-state index is 13.1. The van der Waals surface area contributed by atoms with E-state index in [2.05, 4.69) is 35.5 Å². The van der Waals surface area contributed by atoms with Crippen LogP contribution in [0.25, 0.3) is 11.6 Å². The number of nitrogens with two attached hydrogens (primary N) is 1. The molecule has 2 aromatic carbocycles. The van der Waals surface area contributed by atoms with Crippen LogP contribution in [0.5, 0.6) is 0 Å². The summed E-state index contributed by atoms with van der Waals surface area (Å²) in [6.45, 7) is 15.2. The van der Waals surface area contributed by atoms with Crippen LogP contribution in [0, 0.1) is 27.7 Å². The third-order valence-corrected chi connectivity index (χ3v) is 11.8. The van der Waals surface area contributed by atoms with Crippen LogP contribution in [-0.4, -0.2) is 128 Å². The lowest BCUT2D eigenvalue weighted by molar-refractivity contribution is -0.138. The maximum atomic E-state index is 13.1. The standard InChI is InChI=1S/C22H24F3N7O.C16H22N6O3S.C7H6F3N/c1-14-11-15(2)32(29-14)20-13-19(31-9-7-30(8-10-31)16(3)33)27-21(28-20)26-18-6-4-5-17(12-18)22(23,24)25;1-11-9-12(2)22(19-11)15-10-14(17-16(18-15)26(4,24)25)21-7-5-20(6-8-21)13(3)23;8-7(9,10)5-2-1-3-6(11)4-5/h4-6,11-13H,7-10H2,1-3H3,(H,26,27,28);9-10H,5-8H2,1-4H3;1-4H,11H2. The Labute approximate surface area is 400 Å². The number of aromatic nitrogens is 8. The minimum Gasteiger partial charge on any atom is -0.399 e. The molecule has 0 aliphatic carbocycles. The van der Waals surface area contributed by atoms with Gasteiger partial charge in [0.05, 0.1) is 22.5 Å². The summed E-state index contributed by atoms with van der Waals surface area (Å²) in [6.07, 6.45) is -7.66. The lowest BCUT2D eigenvalue weighted by Crippen LogP contribution is -2.48. The molecule has 6 heterocycles. The van der Waals surface area contributed by atoms with Gasteiger partial charge in [0.15, 0.2) is 11.6 Å². The number of nitrogens with one attached hydrogen (secondary N) is 1. The van der Waals surface area contributed by atoms with Gasteiger partial charge in [0.1, 0.15) is 11.6 Å². The van der Waals surface area contributed by atoms with Crippen molar-refractivity contribution in [3.8, 4) is 11.6 Å². The molecular weight excluding hydrogens is 947 g/mol. The van der Waals surface area contributed by atoms with Crippen LogP contribution in [-0.2, 0) is 31.8 Å². The van der Waals surface area contributed by atoms with Crippen molar-refractivity contribution >= 4 is 50.6 Å². The summed E-state index contributed by atoms with van der Waals surface area (Å²) >= 11 is 0. The molecule has 6 aromatic rings. The molecule has 2 saturated heterocycles. The number of carbonyl (C=O) groups excluding carboxylic acids is 2. The monoisotopic (exact) mass is 998 g/mol. The third-order valence-electron chi connectivity index (χ3n) is 10.9. The highest BCUT2D eigenvalue weighted by molar-refractivity contribution is 7.90. The first-order valence-electron chi connectivity index (χ1n) is 21.7. The number of amides is 2. The number of rotatable bonds is 7. The van der Waals surface area contributed by atoms with Crippen molar-refractivity contribution in [1.29, 1.82) is 0 Å². The Kier molecular flexibility index (Phi) is 15.7. The maximum Gasteiger partial charge on any atom is 0.416 e. The number of halogens is 6. The number of nitrogen functional groups attached to an aromatic ring is 1. The molecule has 70 heavy (non-hydrogen) atoms. The minimum atomic E-state index is -4.45. The van der Waals surface area contributed by atoms with Gasteiger partial charge in [-0.1, -0.05) is 12.1 Å². The zero-order valence-corrected chi connectivity index (χ0v) is 40.2. The molecule has 0 unspecified atom stereocenters. The molecule has 2 aliphatic heterocycles. The van der Waals surface area contributed by atoms with E-state index in [1.165, 1.54) is 24.3 Å². The van der Waals surface area contributed by atoms with Crippen molar-refractivity contribution in [2.24, 2.45) is 0 Å². The van der Waals surface area contributed by atoms with Gasteiger partial charge >= 0.3 is 12.4 Å². The molecule has 18 nitrogen and oxygen atoms in total. The minimum absolute atomic E-state index is 0.0209. The first kappa shape index (κ1) is 52.1. The Morgan fingerprint density at radius 1 is 0.586 bits per heavy atom. The predicted octanol–water partition coefficient (Wildman–Crippen LogP) is 6.35. The molecule has 3 N–H and O–H groups in total. The number of aryl methyl sites for hydroxylation is 4. The molecule has 4 aromatic heterocycles. The summed E-state index contributed by atoms with van der Waals surface area (Å²) in [7, 11) is -3.58. The number of hydrogen-bond acceptors (Lipinski definition) is 14. The molecule has 0 atom stereocenters. The fraction of sp³-hybridized carbons (Fsp3) is 0.378. The third kappa shape index (κ3) is 13.5. The zero-order chi connectivity index (χ0) is 51.3. The highest BCUT2D eigenvalue weighted by Gasteiger charge is 2.31. The molecule has 374 valence electrons. The largest absolute Gasteiger partial charge is 0.416 e. The van der Waals surface area contributed by atoms with E-state index in [1.807, 2.05) is 49.6 Å². The Bertz CT molecular complexity index is 2940. The van der Waals surface area contributed by atoms with Gasteiger partial charge in [-0.25, -0.2) is 22.8 Å². The van der Waals surface area contributed by atoms with Crippen LogP contribution in [0.15, 0.2) is 78.0 Å². The number of sulfone groups is 1. The lowest BCUT2D eigenvalue weighted by Gasteiger charge is -2.35. The average Bonchev–Trinajstić information content (AvgIpc) is 3.83. The second-order valence-electron chi connectivity index (χ2n) is 16.5. The second kappa shape index (κ2) is 21.1. The molecule has 2 fully saturated rings. The van der Waals surface area contributed by atoms with Gasteiger partial charge in [0.25, 0.3) is 5.16 Å². The van der Waals surface area contributed by atoms with Crippen molar-refractivity contribution in [1.82, 2.24) is 49.3 Å². The molecule has 8 rings (SSSR count). The highest BCUT2D eigenvalue weighted by Crippen LogP contribution is 2.32. The van der Waals surface area contributed by atoms with E-state index in [9.17, 15) is 44.3 Å². The average molecular weight is 999 g/mol. The van der Waals surface area contributed by atoms with E-state index in [0.29, 0.717) is 75.6 Å². The summed E-state index contributed by atoms with van der Waals surface area (Å²) in [4.78, 5) is 48.2. The van der Waals surface area contributed by atoms with Crippen molar-refractivity contribution in [2.75, 3.05) is 79.5 Å². The predicted molar refractivity (Wildman–Crippen MR) is 250 cm³/mol. The van der Waals surface area contributed by atoms with Gasteiger partial charge in [0, 0.05) is 107 Å². The molecule has 2 aliphatic rings. The van der Waals surface area contributed by atoms with E-state index in [4.69, 9.17) is 5.73 Å². The summed E-state index contributed by atoms with van der Waals surface area (Å²) in [5, 5.41) is 11.5. The smallest absolute Gasteiger partial charge is 0.399 e. The number of benzene rings is 2. The topological polar surface area (TPSA) is 206 Å². The number of carbonyl (C=O) groups is 2. The number of alkyl halides is 6. The van der Waals surface area contributed by atoms with E-state index in [1.54, 1.807) is 45.1 Å². The number of nitrogens with zero attached hydrogens (tertiary/aromatic N) is 12. The van der Waals surface area contributed by atoms with Gasteiger partial charge in [-0.05, 0) is 76.2 Å². The van der Waals surface area contributed by atoms with Crippen LogP contribution < -0.4 is 20.9 Å². The highest BCUT2D eigenvalue weighted by atomic mass is 32.2. The molecule has 0 bridgehead atoms. The first-order valence-corrected chi connectivity index (χ1v) is 23.6. The van der Waals surface area contributed by atoms with E-state index in [-0.39, 0.29) is 34.3 Å². The quantitative estimate of drug-likeness (QED) is 0.102. The van der Waals surface area contributed by atoms with Crippen LogP contribution in [0.2, 0.25) is 0 Å². The fourth-order valence-electron chi connectivity index (χ4n) is 7.43. The number of anilines is 5. The van der Waals surface area contributed by atoms with Gasteiger partial charge in [-0.3, -0.25) is 9.59 Å². The summed E-state index contributed by atoms with van der Waals surface area (Å²) < 4.78 is 103. The zero-order valence-electron chi connectivity index (χ0n) is 39.3. The van der Waals surface area contributed by atoms with E-state index >= 15 is 0 Å². The van der Waals surface area contributed by atoms with Gasteiger partial charge in [0.2, 0.25) is 27.6 Å². The molecule has 0 saturated carbocycles. The van der Waals surface area contributed by atoms with Crippen molar-refractivity contribution < 1.29 is 44.3 Å². The number of hydrogen-bond donors (Lipinski definition) is 2. The summed E-state index contributed by atoms with van der Waals surface area (Å²) in [6, 6.07) is 16.8. The first-order chi connectivity index (χ1) is 32.7. The normalized spacial score (nSPS) is 14.4. The van der Waals surface area contributed by atoms with Crippen LogP contribution in [0.3, 0.4) is 0 Å². The summed E-state index contributed by atoms with van der Waals surface area (Å²) in [5.74, 6) is 2.24.